The zero-order valence-electron chi connectivity index (χ0n) is 18.9. The van der Waals surface area contributed by atoms with Crippen LogP contribution in [-0.2, 0) is 0 Å². The first-order valence-corrected chi connectivity index (χ1v) is 11.6. The van der Waals surface area contributed by atoms with Gasteiger partial charge in [0.25, 0.3) is 0 Å². The second kappa shape index (κ2) is 11.7. The van der Waals surface area contributed by atoms with E-state index in [-0.39, 0.29) is 16.1 Å². The quantitative estimate of drug-likeness (QED) is 0.207. The number of rotatable bonds is 11. The lowest BCUT2D eigenvalue weighted by Gasteiger charge is -2.42. The van der Waals surface area contributed by atoms with E-state index in [9.17, 15) is 25.5 Å². The van der Waals surface area contributed by atoms with Gasteiger partial charge in [0, 0.05) is 9.73 Å². The maximum atomic E-state index is 11.4. The molecule has 2 rings (SSSR count). The van der Waals surface area contributed by atoms with Gasteiger partial charge in [0.1, 0.15) is 24.4 Å². The smallest absolute Gasteiger partial charge is 0.111 e. The summed E-state index contributed by atoms with van der Waals surface area (Å²) in [5.41, 5.74) is 1.83. The number of aryl methyl sites for hydroxylation is 2. The molecule has 0 radical (unpaired) electrons. The summed E-state index contributed by atoms with van der Waals surface area (Å²) in [6, 6.07) is 14.7. The monoisotopic (exact) mass is 492 g/mol. The summed E-state index contributed by atoms with van der Waals surface area (Å²) in [4.78, 5) is 0.568. The molecule has 0 fully saturated rings. The van der Waals surface area contributed by atoms with Crippen LogP contribution in [-0.4, -0.2) is 77.5 Å². The first-order valence-electron chi connectivity index (χ1n) is 10.7. The standard InChI is InChI=1S/C25H32O6S2/c1-4-25(23(32)16-9-5-14(2)6-10-16,24(33)17-11-7-15(3)8-12-17)22(31)21(30)20(29)19(28)18(27)13-26/h5-12,18-22,26-31H,4,13H2,1-3H3/t18-,19+,20-,21-,22?/m0/s1. The van der Waals surface area contributed by atoms with Gasteiger partial charge < -0.3 is 30.6 Å². The molecule has 0 aliphatic heterocycles. The highest BCUT2D eigenvalue weighted by Gasteiger charge is 2.50. The van der Waals surface area contributed by atoms with Crippen molar-refractivity contribution in [3.05, 3.63) is 70.8 Å². The first kappa shape index (κ1) is 27.6. The number of hydrogen-bond acceptors (Lipinski definition) is 8. The van der Waals surface area contributed by atoms with Gasteiger partial charge in [-0.25, -0.2) is 0 Å². The third-order valence-electron chi connectivity index (χ3n) is 6.11. The van der Waals surface area contributed by atoms with E-state index in [1.165, 1.54) is 0 Å². The summed E-state index contributed by atoms with van der Waals surface area (Å²) in [5, 5.41) is 61.7. The van der Waals surface area contributed by atoms with Crippen molar-refractivity contribution in [2.75, 3.05) is 6.61 Å². The summed E-state index contributed by atoms with van der Waals surface area (Å²) in [6.45, 7) is 4.80. The van der Waals surface area contributed by atoms with Crippen LogP contribution in [0.5, 0.6) is 0 Å². The molecule has 2 aromatic rings. The lowest BCUT2D eigenvalue weighted by Crippen LogP contribution is -2.59. The summed E-state index contributed by atoms with van der Waals surface area (Å²) in [5.74, 6) is 0. The lowest BCUT2D eigenvalue weighted by atomic mass is 9.67. The zero-order valence-corrected chi connectivity index (χ0v) is 20.6. The molecule has 0 amide bonds. The molecule has 0 saturated heterocycles. The fourth-order valence-corrected chi connectivity index (χ4v) is 4.91. The number of benzene rings is 2. The predicted molar refractivity (Wildman–Crippen MR) is 136 cm³/mol. The average molecular weight is 493 g/mol. The highest BCUT2D eigenvalue weighted by atomic mass is 32.1. The van der Waals surface area contributed by atoms with Gasteiger partial charge in [-0.05, 0) is 31.4 Å². The van der Waals surface area contributed by atoms with Crippen LogP contribution in [0.4, 0.5) is 0 Å². The second-order valence-corrected chi connectivity index (χ2v) is 9.20. The SMILES string of the molecule is CCC(C(=S)c1ccc(C)cc1)(C(=S)c1ccc(C)cc1)C(O)[C@@H](O)[C@@H](O)[C@H](O)[C@@H](O)CO. The Morgan fingerprint density at radius 2 is 1.12 bits per heavy atom. The normalized spacial score (nSPS) is 16.5. The molecule has 0 heterocycles. The van der Waals surface area contributed by atoms with E-state index < -0.39 is 42.5 Å². The van der Waals surface area contributed by atoms with Crippen molar-refractivity contribution < 1.29 is 30.6 Å². The zero-order chi connectivity index (χ0) is 24.9. The van der Waals surface area contributed by atoms with Gasteiger partial charge in [0.2, 0.25) is 0 Å². The molecular weight excluding hydrogens is 460 g/mol. The van der Waals surface area contributed by atoms with Gasteiger partial charge in [-0.15, -0.1) is 0 Å². The summed E-state index contributed by atoms with van der Waals surface area (Å²) in [7, 11) is 0. The third-order valence-corrected chi connectivity index (χ3v) is 7.30. The van der Waals surface area contributed by atoms with Crippen molar-refractivity contribution in [3.63, 3.8) is 0 Å². The minimum absolute atomic E-state index is 0.190. The van der Waals surface area contributed by atoms with Crippen LogP contribution in [0.25, 0.3) is 0 Å². The highest BCUT2D eigenvalue weighted by Crippen LogP contribution is 2.39. The molecule has 0 bridgehead atoms. The number of aliphatic hydroxyl groups excluding tert-OH is 6. The second-order valence-electron chi connectivity index (χ2n) is 8.38. The van der Waals surface area contributed by atoms with Gasteiger partial charge in [0.05, 0.1) is 18.1 Å². The van der Waals surface area contributed by atoms with E-state index in [0.29, 0.717) is 11.1 Å². The van der Waals surface area contributed by atoms with Gasteiger partial charge in [-0.2, -0.15) is 0 Å². The molecule has 6 N–H and O–H groups in total. The van der Waals surface area contributed by atoms with E-state index >= 15 is 0 Å². The Morgan fingerprint density at radius 1 is 0.727 bits per heavy atom. The van der Waals surface area contributed by atoms with Gasteiger partial charge >= 0.3 is 0 Å². The molecule has 6 nitrogen and oxygen atoms in total. The van der Waals surface area contributed by atoms with Gasteiger partial charge in [-0.1, -0.05) is 91.0 Å². The van der Waals surface area contributed by atoms with E-state index in [4.69, 9.17) is 29.5 Å². The van der Waals surface area contributed by atoms with E-state index in [2.05, 4.69) is 0 Å². The van der Waals surface area contributed by atoms with Crippen molar-refractivity contribution >= 4 is 34.2 Å². The van der Waals surface area contributed by atoms with Crippen molar-refractivity contribution in [1.82, 2.24) is 0 Å². The van der Waals surface area contributed by atoms with E-state index in [0.717, 1.165) is 11.1 Å². The molecule has 8 heteroatoms. The molecule has 180 valence electrons. The van der Waals surface area contributed by atoms with Crippen LogP contribution in [0.1, 0.15) is 35.6 Å². The Morgan fingerprint density at radius 3 is 1.45 bits per heavy atom. The number of hydrogen-bond donors (Lipinski definition) is 6. The van der Waals surface area contributed by atoms with E-state index in [1.54, 1.807) is 31.2 Å². The molecular formula is C25H32O6S2. The van der Waals surface area contributed by atoms with Crippen molar-refractivity contribution in [1.29, 1.82) is 0 Å². The summed E-state index contributed by atoms with van der Waals surface area (Å²) >= 11 is 11.7. The van der Waals surface area contributed by atoms with Gasteiger partial charge in [-0.3, -0.25) is 0 Å². The van der Waals surface area contributed by atoms with Crippen LogP contribution in [0, 0.1) is 19.3 Å². The van der Waals surface area contributed by atoms with Crippen molar-refractivity contribution in [3.8, 4) is 0 Å². The largest absolute Gasteiger partial charge is 0.394 e. The topological polar surface area (TPSA) is 121 Å². The first-order chi connectivity index (χ1) is 15.5. The Kier molecular flexibility index (Phi) is 9.78. The summed E-state index contributed by atoms with van der Waals surface area (Å²) in [6.07, 6.45) is -9.01. The molecule has 5 atom stereocenters. The van der Waals surface area contributed by atoms with Crippen LogP contribution in [0.15, 0.2) is 48.5 Å². The molecule has 0 aromatic heterocycles. The van der Waals surface area contributed by atoms with E-state index in [1.807, 2.05) is 38.1 Å². The Bertz CT molecular complexity index is 887. The Hall–Kier alpha value is -1.62. The van der Waals surface area contributed by atoms with Crippen LogP contribution in [0.2, 0.25) is 0 Å². The van der Waals surface area contributed by atoms with Crippen molar-refractivity contribution in [2.24, 2.45) is 5.41 Å². The fraction of sp³-hybridized carbons (Fsp3) is 0.440. The molecule has 0 aliphatic carbocycles. The maximum Gasteiger partial charge on any atom is 0.111 e. The molecule has 1 unspecified atom stereocenters. The molecule has 0 spiro atoms. The summed E-state index contributed by atoms with van der Waals surface area (Å²) < 4.78 is 0. The lowest BCUT2D eigenvalue weighted by molar-refractivity contribution is -0.148. The highest BCUT2D eigenvalue weighted by molar-refractivity contribution is 7.82. The number of aliphatic hydroxyl groups is 6. The third kappa shape index (κ3) is 5.72. The number of thiocarbonyl (C=S) groups is 2. The Balaban J connectivity index is 2.61. The maximum absolute atomic E-state index is 11.4. The minimum atomic E-state index is -1.96. The molecule has 2 aromatic carbocycles. The molecule has 33 heavy (non-hydrogen) atoms. The van der Waals surface area contributed by atoms with Crippen molar-refractivity contribution in [2.45, 2.75) is 57.7 Å². The minimum Gasteiger partial charge on any atom is -0.394 e. The van der Waals surface area contributed by atoms with Crippen LogP contribution in [0.3, 0.4) is 0 Å². The Labute approximate surface area is 205 Å². The molecule has 0 aliphatic rings. The predicted octanol–water partition coefficient (Wildman–Crippen LogP) is 1.63. The fourth-order valence-electron chi connectivity index (χ4n) is 3.84. The van der Waals surface area contributed by atoms with Crippen LogP contribution >= 0.6 is 24.4 Å². The van der Waals surface area contributed by atoms with Gasteiger partial charge in [0.15, 0.2) is 0 Å². The van der Waals surface area contributed by atoms with Crippen LogP contribution < -0.4 is 0 Å². The average Bonchev–Trinajstić information content (AvgIpc) is 2.83. The molecule has 0 saturated carbocycles.